The van der Waals surface area contributed by atoms with Gasteiger partial charge in [0.15, 0.2) is 11.6 Å². The van der Waals surface area contributed by atoms with E-state index in [1.165, 1.54) is 6.07 Å². The van der Waals surface area contributed by atoms with Crippen LogP contribution in [0.15, 0.2) is 18.2 Å². The Kier molecular flexibility index (Phi) is 5.11. The molecule has 1 aromatic rings. The van der Waals surface area contributed by atoms with Gasteiger partial charge in [0.2, 0.25) is 0 Å². The SMILES string of the molecule is CC(NCC1(O)CCCCCC1)c1cccc(F)c1F. The van der Waals surface area contributed by atoms with Gasteiger partial charge in [-0.1, -0.05) is 37.8 Å². The third-order valence-corrected chi connectivity index (χ3v) is 4.22. The highest BCUT2D eigenvalue weighted by atomic mass is 19.2. The molecule has 0 saturated heterocycles. The van der Waals surface area contributed by atoms with Crippen LogP contribution in [0.1, 0.15) is 57.1 Å². The van der Waals surface area contributed by atoms with E-state index in [-0.39, 0.29) is 6.04 Å². The molecule has 2 N–H and O–H groups in total. The molecule has 0 spiro atoms. The normalized spacial score (nSPS) is 20.4. The molecule has 1 saturated carbocycles. The number of nitrogens with one attached hydrogen (secondary N) is 1. The van der Waals surface area contributed by atoms with E-state index in [2.05, 4.69) is 5.32 Å². The minimum absolute atomic E-state index is 0.308. The van der Waals surface area contributed by atoms with Crippen molar-refractivity contribution in [2.24, 2.45) is 0 Å². The highest BCUT2D eigenvalue weighted by Crippen LogP contribution is 2.27. The highest BCUT2D eigenvalue weighted by molar-refractivity contribution is 5.22. The van der Waals surface area contributed by atoms with Gasteiger partial charge in [0.25, 0.3) is 0 Å². The third-order valence-electron chi connectivity index (χ3n) is 4.22. The molecule has 1 aromatic carbocycles. The van der Waals surface area contributed by atoms with Crippen LogP contribution < -0.4 is 5.32 Å². The predicted molar refractivity (Wildman–Crippen MR) is 75.4 cm³/mol. The lowest BCUT2D eigenvalue weighted by molar-refractivity contribution is 0.0230. The summed E-state index contributed by atoms with van der Waals surface area (Å²) in [6.07, 6.45) is 5.94. The molecule has 2 nitrogen and oxygen atoms in total. The molecule has 0 bridgehead atoms. The van der Waals surface area contributed by atoms with E-state index >= 15 is 0 Å². The van der Waals surface area contributed by atoms with Gasteiger partial charge in [0.05, 0.1) is 5.60 Å². The van der Waals surface area contributed by atoms with Crippen LogP contribution in [0.2, 0.25) is 0 Å². The second-order valence-corrected chi connectivity index (χ2v) is 5.88. The summed E-state index contributed by atoms with van der Waals surface area (Å²) in [5.41, 5.74) is -0.406. The molecule has 4 heteroatoms. The number of benzene rings is 1. The van der Waals surface area contributed by atoms with Gasteiger partial charge in [-0.15, -0.1) is 0 Å². The lowest BCUT2D eigenvalue weighted by Gasteiger charge is -2.29. The number of hydrogen-bond acceptors (Lipinski definition) is 2. The topological polar surface area (TPSA) is 32.3 Å². The quantitative estimate of drug-likeness (QED) is 0.826. The van der Waals surface area contributed by atoms with Crippen LogP contribution in [0.25, 0.3) is 0 Å². The first kappa shape index (κ1) is 15.4. The second-order valence-electron chi connectivity index (χ2n) is 5.88. The van der Waals surface area contributed by atoms with Gasteiger partial charge in [-0.05, 0) is 25.8 Å². The van der Waals surface area contributed by atoms with Crippen molar-refractivity contribution in [2.45, 2.75) is 57.1 Å². The Hall–Kier alpha value is -1.00. The van der Waals surface area contributed by atoms with Crippen molar-refractivity contribution in [1.82, 2.24) is 5.32 Å². The molecule has 0 radical (unpaired) electrons. The van der Waals surface area contributed by atoms with Crippen molar-refractivity contribution in [2.75, 3.05) is 6.54 Å². The summed E-state index contributed by atoms with van der Waals surface area (Å²) < 4.78 is 26.9. The minimum Gasteiger partial charge on any atom is -0.389 e. The van der Waals surface area contributed by atoms with Gasteiger partial charge in [-0.25, -0.2) is 8.78 Å². The fourth-order valence-corrected chi connectivity index (χ4v) is 2.87. The Labute approximate surface area is 119 Å². The molecule has 20 heavy (non-hydrogen) atoms. The van der Waals surface area contributed by atoms with Gasteiger partial charge in [-0.3, -0.25) is 0 Å². The van der Waals surface area contributed by atoms with Gasteiger partial charge >= 0.3 is 0 Å². The Balaban J connectivity index is 1.97. The zero-order valence-electron chi connectivity index (χ0n) is 12.0. The first-order valence-electron chi connectivity index (χ1n) is 7.41. The molecule has 2 rings (SSSR count). The fraction of sp³-hybridized carbons (Fsp3) is 0.625. The average molecular weight is 283 g/mol. The molecular weight excluding hydrogens is 260 g/mol. The Morgan fingerprint density at radius 2 is 1.85 bits per heavy atom. The lowest BCUT2D eigenvalue weighted by Crippen LogP contribution is -2.41. The first-order valence-corrected chi connectivity index (χ1v) is 7.41. The maximum Gasteiger partial charge on any atom is 0.163 e. The number of hydrogen-bond donors (Lipinski definition) is 2. The molecule has 0 heterocycles. The fourth-order valence-electron chi connectivity index (χ4n) is 2.87. The average Bonchev–Trinajstić information content (AvgIpc) is 2.65. The molecule has 1 unspecified atom stereocenters. The summed E-state index contributed by atoms with van der Waals surface area (Å²) in [6, 6.07) is 3.88. The third kappa shape index (κ3) is 3.76. The molecule has 0 aliphatic heterocycles. The zero-order valence-corrected chi connectivity index (χ0v) is 12.0. The van der Waals surface area contributed by atoms with Crippen molar-refractivity contribution in [1.29, 1.82) is 0 Å². The summed E-state index contributed by atoms with van der Waals surface area (Å²) in [4.78, 5) is 0. The molecular formula is C16H23F2NO. The summed E-state index contributed by atoms with van der Waals surface area (Å²) in [7, 11) is 0. The van der Waals surface area contributed by atoms with Crippen LogP contribution in [-0.4, -0.2) is 17.3 Å². The van der Waals surface area contributed by atoms with E-state index < -0.39 is 17.2 Å². The van der Waals surface area contributed by atoms with E-state index in [1.54, 1.807) is 13.0 Å². The highest BCUT2D eigenvalue weighted by Gasteiger charge is 2.28. The van der Waals surface area contributed by atoms with Gasteiger partial charge < -0.3 is 10.4 Å². The molecule has 1 aliphatic rings. The summed E-state index contributed by atoms with van der Waals surface area (Å²) in [5, 5.41) is 13.7. The zero-order chi connectivity index (χ0) is 14.6. The number of halogens is 2. The summed E-state index contributed by atoms with van der Waals surface area (Å²) in [5.74, 6) is -1.63. The first-order chi connectivity index (χ1) is 9.52. The van der Waals surface area contributed by atoms with E-state index in [4.69, 9.17) is 0 Å². The van der Waals surface area contributed by atoms with Crippen molar-refractivity contribution >= 4 is 0 Å². The van der Waals surface area contributed by atoms with Crippen LogP contribution in [0.4, 0.5) is 8.78 Å². The monoisotopic (exact) mass is 283 g/mol. The van der Waals surface area contributed by atoms with Crippen LogP contribution in [0.5, 0.6) is 0 Å². The maximum atomic E-state index is 13.7. The molecule has 1 atom stereocenters. The van der Waals surface area contributed by atoms with Gasteiger partial charge in [0.1, 0.15) is 0 Å². The second kappa shape index (κ2) is 6.64. The maximum absolute atomic E-state index is 13.7. The van der Waals surface area contributed by atoms with Crippen molar-refractivity contribution < 1.29 is 13.9 Å². The molecule has 1 aliphatic carbocycles. The van der Waals surface area contributed by atoms with E-state index in [9.17, 15) is 13.9 Å². The lowest BCUT2D eigenvalue weighted by atomic mass is 9.94. The Morgan fingerprint density at radius 1 is 1.20 bits per heavy atom. The number of aliphatic hydroxyl groups is 1. The molecule has 0 aromatic heterocycles. The van der Waals surface area contributed by atoms with Crippen LogP contribution in [-0.2, 0) is 0 Å². The van der Waals surface area contributed by atoms with Crippen molar-refractivity contribution in [3.05, 3.63) is 35.4 Å². The van der Waals surface area contributed by atoms with Crippen LogP contribution >= 0.6 is 0 Å². The smallest absolute Gasteiger partial charge is 0.163 e. The summed E-state index contributed by atoms with van der Waals surface area (Å²) in [6.45, 7) is 2.21. The molecule has 112 valence electrons. The van der Waals surface area contributed by atoms with Crippen molar-refractivity contribution in [3.63, 3.8) is 0 Å². The minimum atomic E-state index is -0.829. The van der Waals surface area contributed by atoms with Crippen LogP contribution in [0, 0.1) is 11.6 Å². The molecule has 0 amide bonds. The van der Waals surface area contributed by atoms with E-state index in [0.717, 1.165) is 44.6 Å². The largest absolute Gasteiger partial charge is 0.389 e. The Morgan fingerprint density at radius 3 is 2.50 bits per heavy atom. The number of rotatable bonds is 4. The van der Waals surface area contributed by atoms with Gasteiger partial charge in [0, 0.05) is 18.2 Å². The van der Waals surface area contributed by atoms with Crippen LogP contribution in [0.3, 0.4) is 0 Å². The van der Waals surface area contributed by atoms with Crippen molar-refractivity contribution in [3.8, 4) is 0 Å². The summed E-state index contributed by atoms with van der Waals surface area (Å²) >= 11 is 0. The Bertz CT molecular complexity index is 442. The van der Waals surface area contributed by atoms with E-state index in [1.807, 2.05) is 0 Å². The standard InChI is InChI=1S/C16H23F2NO/c1-12(13-7-6-8-14(17)15(13)18)19-11-16(20)9-4-2-3-5-10-16/h6-8,12,19-20H,2-5,9-11H2,1H3. The van der Waals surface area contributed by atoms with Gasteiger partial charge in [-0.2, -0.15) is 0 Å². The predicted octanol–water partition coefficient (Wildman–Crippen LogP) is 3.70. The molecule has 1 fully saturated rings. The van der Waals surface area contributed by atoms with E-state index in [0.29, 0.717) is 12.1 Å².